The van der Waals surface area contributed by atoms with E-state index in [2.05, 4.69) is 6.07 Å². The number of hydrogen-bond donors (Lipinski definition) is 0. The number of benzene rings is 9. The molecule has 0 aliphatic rings. The van der Waals surface area contributed by atoms with Crippen LogP contribution < -0.4 is 0 Å². The molecule has 1 nitrogen and oxygen atoms in total. The van der Waals surface area contributed by atoms with Crippen molar-refractivity contribution in [2.45, 2.75) is 0 Å². The highest BCUT2D eigenvalue weighted by atomic mass is 16.3. The maximum absolute atomic E-state index is 9.58. The molecule has 0 radical (unpaired) electrons. The summed E-state index contributed by atoms with van der Waals surface area (Å²) in [5, 5.41) is 1.41. The Kier molecular flexibility index (Phi) is 3.54. The predicted octanol–water partition coefficient (Wildman–Crippen LogP) is 13.7. The molecule has 0 amide bonds. The molecule has 0 N–H and O–H groups in total. The van der Waals surface area contributed by atoms with Gasteiger partial charge in [0.1, 0.15) is 11.2 Å². The van der Waals surface area contributed by atoms with Gasteiger partial charge in [0.05, 0.1) is 23.3 Å². The number of rotatable bonds is 4. The SMILES string of the molecule is [2H]c1c([2H])c([2H])c(-c2c3c([2H])c([2H])c([2H])c([2H])c3c(-c3c([2H])c([2H])c(-c4cccc5c4oc4cc(-c6ccc7ccccc7c6)ccc45)c([2H])c3[2H])c3c([2H])c([2H])c([2H])c([2H])c23)c([2H])c1[2H]. The molecule has 1 heterocycles. The molecule has 0 aliphatic heterocycles. The first kappa shape index (κ1) is 15.6. The molecule has 0 saturated carbocycles. The smallest absolute Gasteiger partial charge is 0.143 e. The van der Waals surface area contributed by atoms with E-state index in [1.165, 1.54) is 0 Å². The van der Waals surface area contributed by atoms with E-state index in [1.54, 1.807) is 18.2 Å². The summed E-state index contributed by atoms with van der Waals surface area (Å²) in [4.78, 5) is 0. The van der Waals surface area contributed by atoms with Crippen molar-refractivity contribution in [2.24, 2.45) is 0 Å². The van der Waals surface area contributed by atoms with Crippen LogP contribution in [0.15, 0.2) is 186 Å². The Morgan fingerprint density at radius 3 is 1.63 bits per heavy atom. The predicted molar refractivity (Wildman–Crippen MR) is 208 cm³/mol. The van der Waals surface area contributed by atoms with Crippen molar-refractivity contribution in [3.8, 4) is 44.5 Å². The first-order valence-corrected chi connectivity index (χ1v) is 15.5. The van der Waals surface area contributed by atoms with Gasteiger partial charge in [-0.2, -0.15) is 0 Å². The van der Waals surface area contributed by atoms with Gasteiger partial charge < -0.3 is 4.42 Å². The molecular formula is C48H30O. The largest absolute Gasteiger partial charge is 0.455 e. The van der Waals surface area contributed by atoms with Crippen LogP contribution in [0.4, 0.5) is 0 Å². The topological polar surface area (TPSA) is 13.1 Å². The quantitative estimate of drug-likeness (QED) is 0.175. The van der Waals surface area contributed by atoms with E-state index in [0.29, 0.717) is 11.0 Å². The Labute approximate surface area is 308 Å². The van der Waals surface area contributed by atoms with Crippen LogP contribution in [-0.4, -0.2) is 0 Å². The minimum atomic E-state index is -0.828. The second-order valence-corrected chi connectivity index (χ2v) is 11.6. The number of fused-ring (bicyclic) bond motifs is 6. The van der Waals surface area contributed by atoms with Crippen LogP contribution in [0.5, 0.6) is 0 Å². The summed E-state index contributed by atoms with van der Waals surface area (Å²) in [6.45, 7) is 0. The average Bonchev–Trinajstić information content (AvgIpc) is 3.70. The molecule has 0 fully saturated rings. The molecule has 0 atom stereocenters. The zero-order valence-corrected chi connectivity index (χ0v) is 25.4. The lowest BCUT2D eigenvalue weighted by Crippen LogP contribution is -1.90. The molecular weight excluding hydrogens is 593 g/mol. The molecule has 10 rings (SSSR count). The number of para-hydroxylation sites is 1. The first-order valence-electron chi connectivity index (χ1n) is 24.0. The van der Waals surface area contributed by atoms with Gasteiger partial charge in [-0.05, 0) is 89.5 Å². The summed E-state index contributed by atoms with van der Waals surface area (Å²) in [6, 6.07) is 11.7. The maximum Gasteiger partial charge on any atom is 0.143 e. The van der Waals surface area contributed by atoms with E-state index >= 15 is 0 Å². The summed E-state index contributed by atoms with van der Waals surface area (Å²) in [5.74, 6) is 0. The normalized spacial score (nSPS) is 16.5. The molecule has 49 heavy (non-hydrogen) atoms. The van der Waals surface area contributed by atoms with Crippen molar-refractivity contribution < 1.29 is 27.7 Å². The molecule has 0 aliphatic carbocycles. The van der Waals surface area contributed by atoms with Crippen LogP contribution in [0.25, 0.3) is 98.8 Å². The van der Waals surface area contributed by atoms with Crippen molar-refractivity contribution in [1.29, 1.82) is 0 Å². The number of hydrogen-bond acceptors (Lipinski definition) is 1. The first-order chi connectivity index (χ1) is 31.4. The van der Waals surface area contributed by atoms with E-state index in [0.717, 1.165) is 27.3 Å². The van der Waals surface area contributed by atoms with Crippen LogP contribution in [0.3, 0.4) is 0 Å². The van der Waals surface area contributed by atoms with E-state index in [-0.39, 0.29) is 16.7 Å². The summed E-state index contributed by atoms with van der Waals surface area (Å²) in [7, 11) is 0. The van der Waals surface area contributed by atoms with E-state index < -0.39 is 147 Å². The minimum absolute atomic E-state index is 0.179. The highest BCUT2D eigenvalue weighted by Crippen LogP contribution is 2.44. The summed E-state index contributed by atoms with van der Waals surface area (Å²) < 4.78 is 159. The highest BCUT2D eigenvalue weighted by molar-refractivity contribution is 6.21. The zero-order chi connectivity index (χ0) is 47.1. The van der Waals surface area contributed by atoms with Crippen molar-refractivity contribution in [3.63, 3.8) is 0 Å². The maximum atomic E-state index is 9.58. The van der Waals surface area contributed by atoms with Gasteiger partial charge in [0.25, 0.3) is 0 Å². The van der Waals surface area contributed by atoms with Gasteiger partial charge >= 0.3 is 0 Å². The van der Waals surface area contributed by atoms with Crippen LogP contribution in [0, 0.1) is 0 Å². The van der Waals surface area contributed by atoms with Gasteiger partial charge in [0.2, 0.25) is 0 Å². The van der Waals surface area contributed by atoms with Crippen molar-refractivity contribution >= 4 is 54.3 Å². The van der Waals surface area contributed by atoms with Crippen molar-refractivity contribution in [1.82, 2.24) is 0 Å². The molecule has 10 aromatic rings. The van der Waals surface area contributed by atoms with Crippen molar-refractivity contribution in [3.05, 3.63) is 182 Å². The molecule has 228 valence electrons. The van der Waals surface area contributed by atoms with E-state index in [4.69, 9.17) is 16.8 Å². The molecule has 0 bridgehead atoms. The molecule has 0 spiro atoms. The molecule has 1 heteroatoms. The molecule has 1 aromatic heterocycles. The lowest BCUT2D eigenvalue weighted by Gasteiger charge is -2.18. The Hall–Kier alpha value is -6.44. The van der Waals surface area contributed by atoms with Gasteiger partial charge in [-0.3, -0.25) is 0 Å². The zero-order valence-electron chi connectivity index (χ0n) is 42.4. The summed E-state index contributed by atoms with van der Waals surface area (Å²) in [5.41, 5.74) is 0.399. The van der Waals surface area contributed by atoms with Crippen LogP contribution in [-0.2, 0) is 0 Å². The second-order valence-electron chi connectivity index (χ2n) is 11.6. The average molecular weight is 640 g/mol. The van der Waals surface area contributed by atoms with Gasteiger partial charge in [0.15, 0.2) is 0 Å². The third-order valence-corrected chi connectivity index (χ3v) is 8.85. The fraction of sp³-hybridized carbons (Fsp3) is 0. The Balaban J connectivity index is 1.30. The van der Waals surface area contributed by atoms with Gasteiger partial charge in [-0.1, -0.05) is 163 Å². The fourth-order valence-electron chi connectivity index (χ4n) is 6.62. The van der Waals surface area contributed by atoms with Crippen LogP contribution >= 0.6 is 0 Å². The lowest BCUT2D eigenvalue weighted by atomic mass is 9.85. The monoisotopic (exact) mass is 639 g/mol. The third kappa shape index (κ3) is 4.47. The second kappa shape index (κ2) is 11.1. The number of furan rings is 1. The Bertz CT molecular complexity index is 3720. The summed E-state index contributed by atoms with van der Waals surface area (Å²) in [6.07, 6.45) is 0. The Morgan fingerprint density at radius 1 is 0.367 bits per heavy atom. The van der Waals surface area contributed by atoms with Crippen LogP contribution in [0.2, 0.25) is 0 Å². The molecule has 9 aromatic carbocycles. The van der Waals surface area contributed by atoms with Crippen LogP contribution in [0.1, 0.15) is 23.3 Å². The Morgan fingerprint density at radius 2 is 0.939 bits per heavy atom. The van der Waals surface area contributed by atoms with Crippen molar-refractivity contribution in [2.75, 3.05) is 0 Å². The minimum Gasteiger partial charge on any atom is -0.455 e. The standard InChI is InChI=1S/C48H30O/c1-2-12-33(13-3-1)46-40-15-6-8-17-42(40)47(43-18-9-7-16-41(43)46)34-24-22-32(23-25-34)38-19-10-20-44-39-28-27-37(30-45(39)49-48(38)44)36-26-21-31-11-4-5-14-35(31)29-36/h1-30H/i1D,2D,3D,6D,7D,8D,9D,12D,13D,15D,16D,17D,18D,22D,23D,24D,25D. The fourth-order valence-corrected chi connectivity index (χ4v) is 6.62. The summed E-state index contributed by atoms with van der Waals surface area (Å²) >= 11 is 0. The third-order valence-electron chi connectivity index (χ3n) is 8.85. The van der Waals surface area contributed by atoms with E-state index in [1.807, 2.05) is 54.6 Å². The molecule has 0 saturated heterocycles. The molecule has 0 unspecified atom stereocenters. The van der Waals surface area contributed by atoms with Gasteiger partial charge in [0, 0.05) is 16.3 Å². The van der Waals surface area contributed by atoms with Gasteiger partial charge in [-0.15, -0.1) is 0 Å². The highest BCUT2D eigenvalue weighted by Gasteiger charge is 2.17. The lowest BCUT2D eigenvalue weighted by molar-refractivity contribution is 0.670. The van der Waals surface area contributed by atoms with E-state index in [9.17, 15) is 11.0 Å². The van der Waals surface area contributed by atoms with Gasteiger partial charge in [-0.25, -0.2) is 0 Å².